The Hall–Kier alpha value is -2.77. The van der Waals surface area contributed by atoms with Gasteiger partial charge in [0.2, 0.25) is 0 Å². The Kier molecular flexibility index (Phi) is 4.08. The van der Waals surface area contributed by atoms with Crippen LogP contribution in [0.4, 0.5) is 10.1 Å². The zero-order valence-electron chi connectivity index (χ0n) is 11.6. The Morgan fingerprint density at radius 2 is 2.23 bits per heavy atom. The van der Waals surface area contributed by atoms with Gasteiger partial charge in [-0.15, -0.1) is 0 Å². The lowest BCUT2D eigenvalue weighted by Gasteiger charge is -2.09. The first-order valence-electron chi connectivity index (χ1n) is 6.79. The second kappa shape index (κ2) is 6.33. The number of nitrogens with zero attached hydrogens (tertiary/aromatic N) is 3. The zero-order chi connectivity index (χ0) is 15.4. The van der Waals surface area contributed by atoms with Crippen molar-refractivity contribution in [2.45, 2.75) is 19.3 Å². The first-order chi connectivity index (χ1) is 10.7. The van der Waals surface area contributed by atoms with Crippen molar-refractivity contribution in [2.75, 3.05) is 11.9 Å². The Balaban J connectivity index is 1.57. The SMILES string of the molecule is O=C(CON=C1CCCc2nonc21)Nc1ccccc1F. The van der Waals surface area contributed by atoms with Crippen molar-refractivity contribution >= 4 is 17.3 Å². The maximum absolute atomic E-state index is 13.4. The number of halogens is 1. The summed E-state index contributed by atoms with van der Waals surface area (Å²) in [5, 5.41) is 13.8. The number of hydrogen-bond donors (Lipinski definition) is 1. The summed E-state index contributed by atoms with van der Waals surface area (Å²) in [6, 6.07) is 5.90. The van der Waals surface area contributed by atoms with Crippen LogP contribution in [0, 0.1) is 5.82 Å². The van der Waals surface area contributed by atoms with Crippen LogP contribution in [0.15, 0.2) is 34.1 Å². The fourth-order valence-corrected chi connectivity index (χ4v) is 2.14. The number of amides is 1. The minimum absolute atomic E-state index is 0.101. The van der Waals surface area contributed by atoms with Crippen molar-refractivity contribution < 1.29 is 18.7 Å². The van der Waals surface area contributed by atoms with E-state index in [1.165, 1.54) is 12.1 Å². The minimum atomic E-state index is -0.507. The number of carbonyl (C=O) groups is 1. The number of oxime groups is 1. The second-order valence-electron chi connectivity index (χ2n) is 4.75. The standard InChI is InChI=1S/C14H13FN4O3/c15-9-4-1-2-5-10(9)16-13(20)8-21-17-11-6-3-7-12-14(11)19-22-18-12/h1-2,4-5H,3,6-8H2,(H,16,20). The Labute approximate surface area is 125 Å². The van der Waals surface area contributed by atoms with Crippen molar-refractivity contribution in [2.24, 2.45) is 5.16 Å². The van der Waals surface area contributed by atoms with Crippen LogP contribution in [0.25, 0.3) is 0 Å². The van der Waals surface area contributed by atoms with Crippen LogP contribution < -0.4 is 5.32 Å². The van der Waals surface area contributed by atoms with E-state index in [1.54, 1.807) is 12.1 Å². The normalized spacial score (nSPS) is 15.4. The number of hydrogen-bond acceptors (Lipinski definition) is 6. The molecule has 1 aromatic heterocycles. The number of aromatic nitrogens is 2. The molecular formula is C14H13FN4O3. The fourth-order valence-electron chi connectivity index (χ4n) is 2.14. The Bertz CT molecular complexity index is 714. The highest BCUT2D eigenvalue weighted by Gasteiger charge is 2.21. The molecule has 0 unspecified atom stereocenters. The monoisotopic (exact) mass is 304 g/mol. The van der Waals surface area contributed by atoms with Crippen molar-refractivity contribution in [1.29, 1.82) is 0 Å². The largest absolute Gasteiger partial charge is 0.385 e. The maximum atomic E-state index is 13.4. The van der Waals surface area contributed by atoms with Crippen LogP contribution in [0.1, 0.15) is 24.2 Å². The molecule has 0 saturated carbocycles. The Morgan fingerprint density at radius 3 is 3.09 bits per heavy atom. The molecule has 1 N–H and O–H groups in total. The highest BCUT2D eigenvalue weighted by molar-refractivity contribution is 6.00. The quantitative estimate of drug-likeness (QED) is 0.871. The van der Waals surface area contributed by atoms with E-state index in [9.17, 15) is 9.18 Å². The van der Waals surface area contributed by atoms with Gasteiger partial charge < -0.3 is 10.2 Å². The molecule has 0 atom stereocenters. The molecule has 1 heterocycles. The van der Waals surface area contributed by atoms with Crippen molar-refractivity contribution in [1.82, 2.24) is 10.3 Å². The zero-order valence-corrected chi connectivity index (χ0v) is 11.6. The number of nitrogens with one attached hydrogen (secondary N) is 1. The molecule has 0 fully saturated rings. The van der Waals surface area contributed by atoms with Gasteiger partial charge in [0.15, 0.2) is 12.3 Å². The minimum Gasteiger partial charge on any atom is -0.385 e. The van der Waals surface area contributed by atoms with Gasteiger partial charge in [0.1, 0.15) is 17.2 Å². The molecule has 114 valence electrons. The molecule has 0 bridgehead atoms. The van der Waals surface area contributed by atoms with Crippen LogP contribution in [0.3, 0.4) is 0 Å². The predicted molar refractivity (Wildman–Crippen MR) is 74.8 cm³/mol. The molecule has 2 aromatic rings. The summed E-state index contributed by atoms with van der Waals surface area (Å²) in [6.07, 6.45) is 2.33. The van der Waals surface area contributed by atoms with E-state index < -0.39 is 11.7 Å². The molecule has 7 nitrogen and oxygen atoms in total. The van der Waals surface area contributed by atoms with Gasteiger partial charge >= 0.3 is 0 Å². The van der Waals surface area contributed by atoms with Gasteiger partial charge in [0, 0.05) is 0 Å². The van der Waals surface area contributed by atoms with Crippen LogP contribution >= 0.6 is 0 Å². The van der Waals surface area contributed by atoms with Crippen LogP contribution in [0.5, 0.6) is 0 Å². The number of anilines is 1. The fraction of sp³-hybridized carbons (Fsp3) is 0.286. The second-order valence-corrected chi connectivity index (χ2v) is 4.75. The molecule has 0 radical (unpaired) electrons. The van der Waals surface area contributed by atoms with Crippen molar-refractivity contribution in [3.63, 3.8) is 0 Å². The highest BCUT2D eigenvalue weighted by atomic mass is 19.1. The molecule has 1 aliphatic rings. The van der Waals surface area contributed by atoms with Crippen LogP contribution in [-0.4, -0.2) is 28.5 Å². The lowest BCUT2D eigenvalue weighted by molar-refractivity contribution is -0.120. The third-order valence-electron chi connectivity index (χ3n) is 3.18. The molecule has 8 heteroatoms. The molecule has 22 heavy (non-hydrogen) atoms. The van der Waals surface area contributed by atoms with Gasteiger partial charge in [-0.1, -0.05) is 22.4 Å². The summed E-state index contributed by atoms with van der Waals surface area (Å²) in [4.78, 5) is 16.7. The van der Waals surface area contributed by atoms with Gasteiger partial charge in [-0.05, 0) is 36.6 Å². The van der Waals surface area contributed by atoms with E-state index >= 15 is 0 Å². The third kappa shape index (κ3) is 3.11. The molecule has 1 aliphatic carbocycles. The van der Waals surface area contributed by atoms with E-state index in [1.807, 2.05) is 0 Å². The van der Waals surface area contributed by atoms with Crippen molar-refractivity contribution in [3.05, 3.63) is 41.5 Å². The predicted octanol–water partition coefficient (Wildman–Crippen LogP) is 1.90. The van der Waals surface area contributed by atoms with Gasteiger partial charge in [-0.3, -0.25) is 4.79 Å². The van der Waals surface area contributed by atoms with Gasteiger partial charge in [-0.25, -0.2) is 9.02 Å². The first kappa shape index (κ1) is 14.2. The van der Waals surface area contributed by atoms with Gasteiger partial charge in [-0.2, -0.15) is 0 Å². The lowest BCUT2D eigenvalue weighted by Crippen LogP contribution is -2.19. The summed E-state index contributed by atoms with van der Waals surface area (Å²) in [5.74, 6) is -1.00. The Morgan fingerprint density at radius 1 is 1.36 bits per heavy atom. The van der Waals surface area contributed by atoms with E-state index in [2.05, 4.69) is 25.4 Å². The smallest absolute Gasteiger partial charge is 0.265 e. The number of para-hydroxylation sites is 1. The molecule has 0 spiro atoms. The summed E-state index contributed by atoms with van der Waals surface area (Å²) in [5.41, 5.74) is 2.01. The average molecular weight is 304 g/mol. The number of benzene rings is 1. The van der Waals surface area contributed by atoms with E-state index in [0.29, 0.717) is 17.8 Å². The van der Waals surface area contributed by atoms with Gasteiger partial charge in [0.05, 0.1) is 5.69 Å². The number of fused-ring (bicyclic) bond motifs is 1. The number of carbonyl (C=O) groups excluding carboxylic acids is 1. The average Bonchev–Trinajstić information content (AvgIpc) is 2.99. The first-order valence-corrected chi connectivity index (χ1v) is 6.79. The summed E-state index contributed by atoms with van der Waals surface area (Å²) in [7, 11) is 0. The molecule has 1 aromatic carbocycles. The highest BCUT2D eigenvalue weighted by Crippen LogP contribution is 2.18. The van der Waals surface area contributed by atoms with Crippen LogP contribution in [-0.2, 0) is 16.1 Å². The molecule has 1 amide bonds. The summed E-state index contributed by atoms with van der Waals surface area (Å²) < 4.78 is 18.0. The van der Waals surface area contributed by atoms with E-state index in [4.69, 9.17) is 4.84 Å². The third-order valence-corrected chi connectivity index (χ3v) is 3.18. The molecule has 0 aliphatic heterocycles. The summed E-state index contributed by atoms with van der Waals surface area (Å²) in [6.45, 7) is -0.321. The number of rotatable bonds is 4. The molecule has 3 rings (SSSR count). The molecular weight excluding hydrogens is 291 g/mol. The molecule has 0 saturated heterocycles. The van der Waals surface area contributed by atoms with Crippen molar-refractivity contribution in [3.8, 4) is 0 Å². The summed E-state index contributed by atoms with van der Waals surface area (Å²) >= 11 is 0. The topological polar surface area (TPSA) is 89.6 Å². The lowest BCUT2D eigenvalue weighted by atomic mass is 9.99. The number of aryl methyl sites for hydroxylation is 1. The van der Waals surface area contributed by atoms with Crippen LogP contribution in [0.2, 0.25) is 0 Å². The van der Waals surface area contributed by atoms with E-state index in [0.717, 1.165) is 18.5 Å². The van der Waals surface area contributed by atoms with Gasteiger partial charge in [0.25, 0.3) is 5.91 Å². The van der Waals surface area contributed by atoms with E-state index in [-0.39, 0.29) is 12.3 Å². The maximum Gasteiger partial charge on any atom is 0.265 e.